The predicted octanol–water partition coefficient (Wildman–Crippen LogP) is 3.31. The molecule has 0 bridgehead atoms. The lowest BCUT2D eigenvalue weighted by Gasteiger charge is -2.06. The van der Waals surface area contributed by atoms with Crippen molar-refractivity contribution in [2.45, 2.75) is 6.54 Å². The number of rotatable bonds is 5. The SMILES string of the molecule is COc1ccc(-c2csc(NC(=O)Cn3ncc4ccccc4c3=O)n2)cc1F. The van der Waals surface area contributed by atoms with E-state index in [1.807, 2.05) is 6.07 Å². The van der Waals surface area contributed by atoms with Gasteiger partial charge in [-0.3, -0.25) is 9.59 Å². The molecular formula is C20H15FN4O3S. The quantitative estimate of drug-likeness (QED) is 0.546. The number of ether oxygens (including phenoxy) is 1. The van der Waals surface area contributed by atoms with Crippen molar-refractivity contribution < 1.29 is 13.9 Å². The van der Waals surface area contributed by atoms with Crippen molar-refractivity contribution in [2.24, 2.45) is 0 Å². The molecule has 9 heteroatoms. The lowest BCUT2D eigenvalue weighted by atomic mass is 10.1. The number of amides is 1. The molecule has 2 heterocycles. The molecule has 0 fully saturated rings. The highest BCUT2D eigenvalue weighted by Crippen LogP contribution is 2.28. The molecule has 0 radical (unpaired) electrons. The first-order valence-corrected chi connectivity index (χ1v) is 9.47. The molecule has 0 unspecified atom stereocenters. The minimum Gasteiger partial charge on any atom is -0.494 e. The van der Waals surface area contributed by atoms with Gasteiger partial charge in [-0.05, 0) is 24.3 Å². The zero-order chi connectivity index (χ0) is 20.4. The molecule has 1 amide bonds. The molecule has 0 aliphatic carbocycles. The molecule has 0 aliphatic heterocycles. The van der Waals surface area contributed by atoms with Crippen LogP contribution in [-0.4, -0.2) is 27.8 Å². The van der Waals surface area contributed by atoms with Crippen LogP contribution in [0.2, 0.25) is 0 Å². The Labute approximate surface area is 168 Å². The van der Waals surface area contributed by atoms with Gasteiger partial charge in [0.15, 0.2) is 16.7 Å². The summed E-state index contributed by atoms with van der Waals surface area (Å²) in [6.45, 7) is -0.240. The van der Waals surface area contributed by atoms with Crippen LogP contribution in [0.5, 0.6) is 5.75 Å². The van der Waals surface area contributed by atoms with E-state index in [-0.39, 0.29) is 17.9 Å². The molecule has 0 atom stereocenters. The lowest BCUT2D eigenvalue weighted by Crippen LogP contribution is -2.29. The van der Waals surface area contributed by atoms with Crippen LogP contribution in [0.4, 0.5) is 9.52 Å². The van der Waals surface area contributed by atoms with Crippen molar-refractivity contribution in [2.75, 3.05) is 12.4 Å². The predicted molar refractivity (Wildman–Crippen MR) is 109 cm³/mol. The number of hydrogen-bond donors (Lipinski definition) is 1. The highest BCUT2D eigenvalue weighted by atomic mass is 32.1. The van der Waals surface area contributed by atoms with Crippen LogP contribution in [0.15, 0.2) is 58.8 Å². The molecule has 2 aromatic heterocycles. The molecule has 4 aromatic rings. The molecule has 0 aliphatic rings. The fourth-order valence-electron chi connectivity index (χ4n) is 2.82. The summed E-state index contributed by atoms with van der Waals surface area (Å²) in [7, 11) is 1.39. The van der Waals surface area contributed by atoms with Crippen molar-refractivity contribution in [3.8, 4) is 17.0 Å². The standard InChI is InChI=1S/C20H15FN4O3S/c1-28-17-7-6-12(8-15(17)21)16-11-29-20(23-16)24-18(26)10-25-19(27)14-5-3-2-4-13(14)9-22-25/h2-9,11H,10H2,1H3,(H,23,24,26). The second-order valence-corrected chi connectivity index (χ2v) is 6.99. The molecule has 0 saturated carbocycles. The number of aromatic nitrogens is 3. The first kappa shape index (κ1) is 18.8. The van der Waals surface area contributed by atoms with E-state index in [2.05, 4.69) is 15.4 Å². The largest absolute Gasteiger partial charge is 0.494 e. The number of halogens is 1. The molecule has 7 nitrogen and oxygen atoms in total. The zero-order valence-electron chi connectivity index (χ0n) is 15.3. The van der Waals surface area contributed by atoms with Gasteiger partial charge in [-0.1, -0.05) is 18.2 Å². The van der Waals surface area contributed by atoms with Crippen LogP contribution in [0.25, 0.3) is 22.0 Å². The van der Waals surface area contributed by atoms with E-state index in [1.165, 1.54) is 30.6 Å². The van der Waals surface area contributed by atoms with E-state index in [1.54, 1.807) is 35.8 Å². The normalized spacial score (nSPS) is 10.8. The summed E-state index contributed by atoms with van der Waals surface area (Å²) in [5.74, 6) is -0.784. The summed E-state index contributed by atoms with van der Waals surface area (Å²) in [6.07, 6.45) is 1.55. The summed E-state index contributed by atoms with van der Waals surface area (Å²) in [4.78, 5) is 29.1. The Morgan fingerprint density at radius 1 is 1.28 bits per heavy atom. The number of fused-ring (bicyclic) bond motifs is 1. The zero-order valence-corrected chi connectivity index (χ0v) is 16.1. The molecule has 1 N–H and O–H groups in total. The van der Waals surface area contributed by atoms with E-state index in [9.17, 15) is 14.0 Å². The van der Waals surface area contributed by atoms with Gasteiger partial charge in [-0.25, -0.2) is 14.1 Å². The Hall–Kier alpha value is -3.59. The monoisotopic (exact) mass is 410 g/mol. The molecule has 146 valence electrons. The summed E-state index contributed by atoms with van der Waals surface area (Å²) in [5, 5.41) is 9.94. The first-order chi connectivity index (χ1) is 14.0. The Kier molecular flexibility index (Phi) is 5.05. The number of thiazole rings is 1. The number of carbonyl (C=O) groups is 1. The van der Waals surface area contributed by atoms with Gasteiger partial charge >= 0.3 is 0 Å². The number of nitrogens with zero attached hydrogens (tertiary/aromatic N) is 3. The number of anilines is 1. The Morgan fingerprint density at radius 2 is 2.10 bits per heavy atom. The fraction of sp³-hybridized carbons (Fsp3) is 0.100. The number of hydrogen-bond acceptors (Lipinski definition) is 6. The van der Waals surface area contributed by atoms with Gasteiger partial charge in [-0.15, -0.1) is 11.3 Å². The number of carbonyl (C=O) groups excluding carboxylic acids is 1. The van der Waals surface area contributed by atoms with Gasteiger partial charge in [0, 0.05) is 16.3 Å². The maximum Gasteiger partial charge on any atom is 0.275 e. The maximum absolute atomic E-state index is 13.9. The molecule has 4 rings (SSSR count). The number of methoxy groups -OCH3 is 1. The minimum absolute atomic E-state index is 0.144. The Bertz CT molecular complexity index is 1270. The van der Waals surface area contributed by atoms with E-state index < -0.39 is 11.7 Å². The Morgan fingerprint density at radius 3 is 2.90 bits per heavy atom. The third-order valence-corrected chi connectivity index (χ3v) is 5.01. The van der Waals surface area contributed by atoms with Crippen LogP contribution in [-0.2, 0) is 11.3 Å². The summed E-state index contributed by atoms with van der Waals surface area (Å²) < 4.78 is 19.9. The first-order valence-electron chi connectivity index (χ1n) is 8.59. The fourth-order valence-corrected chi connectivity index (χ4v) is 3.56. The van der Waals surface area contributed by atoms with Crippen molar-refractivity contribution in [3.05, 3.63) is 70.2 Å². The number of nitrogens with one attached hydrogen (secondary N) is 1. The van der Waals surface area contributed by atoms with Gasteiger partial charge in [0.25, 0.3) is 5.56 Å². The minimum atomic E-state index is -0.495. The van der Waals surface area contributed by atoms with Gasteiger partial charge in [-0.2, -0.15) is 5.10 Å². The van der Waals surface area contributed by atoms with Gasteiger partial charge in [0.1, 0.15) is 6.54 Å². The highest BCUT2D eigenvalue weighted by molar-refractivity contribution is 7.14. The van der Waals surface area contributed by atoms with Crippen molar-refractivity contribution in [1.82, 2.24) is 14.8 Å². The van der Waals surface area contributed by atoms with Crippen LogP contribution < -0.4 is 15.6 Å². The average Bonchev–Trinajstić information content (AvgIpc) is 3.18. The second-order valence-electron chi connectivity index (χ2n) is 6.13. The summed E-state index contributed by atoms with van der Waals surface area (Å²) in [5.41, 5.74) is 0.743. The smallest absolute Gasteiger partial charge is 0.275 e. The number of benzene rings is 2. The molecular weight excluding hydrogens is 395 g/mol. The lowest BCUT2D eigenvalue weighted by molar-refractivity contribution is -0.117. The van der Waals surface area contributed by atoms with Crippen molar-refractivity contribution in [1.29, 1.82) is 0 Å². The highest BCUT2D eigenvalue weighted by Gasteiger charge is 2.12. The van der Waals surface area contributed by atoms with Gasteiger partial charge in [0.2, 0.25) is 5.91 Å². The average molecular weight is 410 g/mol. The Balaban J connectivity index is 1.49. The van der Waals surface area contributed by atoms with Crippen LogP contribution in [0.1, 0.15) is 0 Å². The summed E-state index contributed by atoms with van der Waals surface area (Å²) >= 11 is 1.20. The van der Waals surface area contributed by atoms with E-state index >= 15 is 0 Å². The summed E-state index contributed by atoms with van der Waals surface area (Å²) in [6, 6.07) is 11.6. The molecule has 0 saturated heterocycles. The molecule has 0 spiro atoms. The van der Waals surface area contributed by atoms with Crippen LogP contribution in [0.3, 0.4) is 0 Å². The third-order valence-electron chi connectivity index (χ3n) is 4.25. The van der Waals surface area contributed by atoms with Gasteiger partial charge < -0.3 is 10.1 Å². The second kappa shape index (κ2) is 7.80. The molecule has 2 aromatic carbocycles. The van der Waals surface area contributed by atoms with E-state index in [0.717, 1.165) is 4.68 Å². The van der Waals surface area contributed by atoms with Crippen molar-refractivity contribution >= 4 is 33.1 Å². The third kappa shape index (κ3) is 3.85. The van der Waals surface area contributed by atoms with Crippen LogP contribution >= 0.6 is 11.3 Å². The van der Waals surface area contributed by atoms with E-state index in [4.69, 9.17) is 4.74 Å². The van der Waals surface area contributed by atoms with E-state index in [0.29, 0.717) is 27.2 Å². The van der Waals surface area contributed by atoms with Crippen LogP contribution in [0, 0.1) is 5.82 Å². The maximum atomic E-state index is 13.9. The topological polar surface area (TPSA) is 86.1 Å². The van der Waals surface area contributed by atoms with Gasteiger partial charge in [0.05, 0.1) is 24.4 Å². The molecule has 29 heavy (non-hydrogen) atoms. The van der Waals surface area contributed by atoms with Crippen molar-refractivity contribution in [3.63, 3.8) is 0 Å².